The molecule has 13 heteroatoms. The summed E-state index contributed by atoms with van der Waals surface area (Å²) in [5, 5.41) is 6.16. The first-order valence-electron chi connectivity index (χ1n) is 16.4. The number of carbonyl (C=O) groups is 3. The van der Waals surface area contributed by atoms with Gasteiger partial charge in [-0.2, -0.15) is 4.98 Å². The van der Waals surface area contributed by atoms with E-state index < -0.39 is 42.2 Å². The van der Waals surface area contributed by atoms with Gasteiger partial charge in [0, 0.05) is 56.3 Å². The number of terminal acetylenes is 1. The molecule has 1 aromatic heterocycles. The molecule has 0 aliphatic carbocycles. The number of nitrogens with zero attached hydrogens (tertiary/aromatic N) is 3. The SMILES string of the molecule is C#Cc1ccc(CN(CCOC(=O)OCC2O[C@@H](n3ccc(NC(=O)c4ccccc4)nc3=O)C[C@H]2OC(C)=O)CC2CCCCN2)cc1. The third-order valence-electron chi connectivity index (χ3n) is 8.33. The molecule has 2 N–H and O–H groups in total. The van der Waals surface area contributed by atoms with Crippen LogP contribution in [0.15, 0.2) is 71.7 Å². The van der Waals surface area contributed by atoms with Crippen molar-refractivity contribution in [2.45, 2.75) is 63.6 Å². The zero-order valence-electron chi connectivity index (χ0n) is 27.4. The molecular weight excluding hydrogens is 630 g/mol. The standard InChI is InChI=1S/C36H41N5O8/c1-3-26-12-14-27(15-13-26)22-40(23-29-11-7-8-17-37-29)19-20-46-36(45)47-24-31-30(48-25(2)42)21-33(49-31)41-18-16-32(39-35(41)44)38-34(43)28-9-5-4-6-10-28/h1,4-6,9-10,12-16,18,29-31,33,37H,7-8,11,17,19-24H2,2H3,(H,38,39,43,44)/t29?,30-,31?,33-/m1/s1. The normalized spacial score (nSPS) is 20.3. The number of hydrogen-bond acceptors (Lipinski definition) is 11. The molecule has 3 aromatic rings. The average molecular weight is 672 g/mol. The van der Waals surface area contributed by atoms with Crippen LogP contribution in [0, 0.1) is 12.3 Å². The van der Waals surface area contributed by atoms with Gasteiger partial charge in [0.2, 0.25) is 0 Å². The number of ether oxygens (including phenoxy) is 4. The molecule has 258 valence electrons. The van der Waals surface area contributed by atoms with E-state index in [1.54, 1.807) is 30.3 Å². The Labute approximate surface area is 284 Å². The van der Waals surface area contributed by atoms with Crippen LogP contribution in [0.2, 0.25) is 0 Å². The summed E-state index contributed by atoms with van der Waals surface area (Å²) in [6, 6.07) is 18.2. The number of carbonyl (C=O) groups excluding carboxylic acids is 3. The van der Waals surface area contributed by atoms with Gasteiger partial charge in [0.05, 0.1) is 0 Å². The minimum atomic E-state index is -0.889. The summed E-state index contributed by atoms with van der Waals surface area (Å²) in [4.78, 5) is 56.0. The maximum absolute atomic E-state index is 12.9. The van der Waals surface area contributed by atoms with Crippen molar-refractivity contribution in [1.82, 2.24) is 19.8 Å². The lowest BCUT2D eigenvalue weighted by molar-refractivity contribution is -0.150. The van der Waals surface area contributed by atoms with Crippen molar-refractivity contribution >= 4 is 23.8 Å². The van der Waals surface area contributed by atoms with Crippen molar-refractivity contribution in [2.75, 3.05) is 38.2 Å². The topological polar surface area (TPSA) is 150 Å². The lowest BCUT2D eigenvalue weighted by Gasteiger charge is -2.30. The zero-order chi connectivity index (χ0) is 34.6. The lowest BCUT2D eigenvalue weighted by Crippen LogP contribution is -2.44. The van der Waals surface area contributed by atoms with E-state index in [0.717, 1.165) is 37.1 Å². The Balaban J connectivity index is 1.13. The number of piperidine rings is 1. The molecule has 2 unspecified atom stereocenters. The minimum absolute atomic E-state index is 0.0719. The molecule has 2 aliphatic rings. The fourth-order valence-electron chi connectivity index (χ4n) is 5.88. The number of aromatic nitrogens is 2. The van der Waals surface area contributed by atoms with Crippen molar-refractivity contribution < 1.29 is 33.3 Å². The highest BCUT2D eigenvalue weighted by Gasteiger charge is 2.40. The van der Waals surface area contributed by atoms with Crippen LogP contribution >= 0.6 is 0 Å². The fraction of sp³-hybridized carbons (Fsp3) is 0.417. The maximum atomic E-state index is 12.9. The minimum Gasteiger partial charge on any atom is -0.459 e. The van der Waals surface area contributed by atoms with Crippen LogP contribution in [0.4, 0.5) is 10.6 Å². The molecule has 49 heavy (non-hydrogen) atoms. The summed E-state index contributed by atoms with van der Waals surface area (Å²) >= 11 is 0. The summed E-state index contributed by atoms with van der Waals surface area (Å²) in [5.74, 6) is 1.74. The molecule has 0 radical (unpaired) electrons. The monoisotopic (exact) mass is 671 g/mol. The Morgan fingerprint density at radius 2 is 1.90 bits per heavy atom. The van der Waals surface area contributed by atoms with Crippen molar-refractivity contribution in [3.05, 3.63) is 94.0 Å². The molecule has 0 bridgehead atoms. The van der Waals surface area contributed by atoms with Crippen molar-refractivity contribution in [3.63, 3.8) is 0 Å². The van der Waals surface area contributed by atoms with Gasteiger partial charge in [0.25, 0.3) is 5.91 Å². The lowest BCUT2D eigenvalue weighted by atomic mass is 10.0. The first kappa shape index (κ1) is 35.3. The molecule has 3 heterocycles. The summed E-state index contributed by atoms with van der Waals surface area (Å²) < 4.78 is 23.4. The van der Waals surface area contributed by atoms with Gasteiger partial charge in [-0.05, 0) is 55.3 Å². The van der Waals surface area contributed by atoms with Crippen LogP contribution in [-0.2, 0) is 30.3 Å². The Morgan fingerprint density at radius 3 is 2.59 bits per heavy atom. The number of amides is 1. The van der Waals surface area contributed by atoms with E-state index in [1.165, 1.54) is 30.2 Å². The van der Waals surface area contributed by atoms with Gasteiger partial charge in [-0.1, -0.05) is 42.7 Å². The Kier molecular flexibility index (Phi) is 12.5. The van der Waals surface area contributed by atoms with Gasteiger partial charge in [-0.15, -0.1) is 6.42 Å². The molecule has 5 rings (SSSR count). The highest BCUT2D eigenvalue weighted by molar-refractivity contribution is 6.03. The van der Waals surface area contributed by atoms with E-state index in [-0.39, 0.29) is 25.5 Å². The fourth-order valence-corrected chi connectivity index (χ4v) is 5.88. The third kappa shape index (κ3) is 10.5. The van der Waals surface area contributed by atoms with E-state index in [1.807, 2.05) is 24.3 Å². The van der Waals surface area contributed by atoms with Crippen LogP contribution in [-0.4, -0.2) is 83.6 Å². The highest BCUT2D eigenvalue weighted by Crippen LogP contribution is 2.30. The number of anilines is 1. The van der Waals surface area contributed by atoms with E-state index in [4.69, 9.17) is 25.4 Å². The van der Waals surface area contributed by atoms with Gasteiger partial charge < -0.3 is 29.6 Å². The number of nitrogens with one attached hydrogen (secondary N) is 2. The molecule has 1 amide bonds. The van der Waals surface area contributed by atoms with E-state index in [9.17, 15) is 19.2 Å². The van der Waals surface area contributed by atoms with Gasteiger partial charge in [0.1, 0.15) is 37.5 Å². The van der Waals surface area contributed by atoms with E-state index in [2.05, 4.69) is 26.4 Å². The highest BCUT2D eigenvalue weighted by atomic mass is 16.7. The zero-order valence-corrected chi connectivity index (χ0v) is 27.4. The Morgan fingerprint density at radius 1 is 1.10 bits per heavy atom. The number of rotatable bonds is 13. The summed E-state index contributed by atoms with van der Waals surface area (Å²) in [6.07, 6.45) is 7.07. The first-order chi connectivity index (χ1) is 23.8. The molecule has 2 aromatic carbocycles. The molecule has 0 saturated carbocycles. The maximum Gasteiger partial charge on any atom is 0.508 e. The number of benzene rings is 2. The third-order valence-corrected chi connectivity index (χ3v) is 8.33. The average Bonchev–Trinajstić information content (AvgIpc) is 3.49. The van der Waals surface area contributed by atoms with E-state index in [0.29, 0.717) is 24.7 Å². The second kappa shape index (κ2) is 17.4. The molecule has 0 spiro atoms. The van der Waals surface area contributed by atoms with Crippen molar-refractivity contribution in [3.8, 4) is 12.3 Å². The van der Waals surface area contributed by atoms with Gasteiger partial charge in [-0.25, -0.2) is 9.59 Å². The molecule has 4 atom stereocenters. The molecule has 2 aliphatic heterocycles. The largest absolute Gasteiger partial charge is 0.508 e. The predicted molar refractivity (Wildman–Crippen MR) is 180 cm³/mol. The van der Waals surface area contributed by atoms with Crippen LogP contribution in [0.25, 0.3) is 0 Å². The second-order valence-corrected chi connectivity index (χ2v) is 12.0. The number of esters is 1. The Bertz CT molecular complexity index is 1670. The van der Waals surface area contributed by atoms with Crippen molar-refractivity contribution in [1.29, 1.82) is 0 Å². The number of hydrogen-bond donors (Lipinski definition) is 2. The van der Waals surface area contributed by atoms with E-state index >= 15 is 0 Å². The molecule has 13 nitrogen and oxygen atoms in total. The smallest absolute Gasteiger partial charge is 0.459 e. The summed E-state index contributed by atoms with van der Waals surface area (Å²) in [6.45, 7) is 4.03. The molecule has 2 fully saturated rings. The quantitative estimate of drug-likeness (QED) is 0.203. The van der Waals surface area contributed by atoms with Crippen LogP contribution in [0.3, 0.4) is 0 Å². The molecular formula is C36H41N5O8. The van der Waals surface area contributed by atoms with Gasteiger partial charge >= 0.3 is 17.8 Å². The summed E-state index contributed by atoms with van der Waals surface area (Å²) in [7, 11) is 0. The predicted octanol–water partition coefficient (Wildman–Crippen LogP) is 3.49. The van der Waals surface area contributed by atoms with Crippen LogP contribution in [0.1, 0.15) is 60.3 Å². The van der Waals surface area contributed by atoms with Gasteiger partial charge in [0.15, 0.2) is 0 Å². The summed E-state index contributed by atoms with van der Waals surface area (Å²) in [5.41, 5.74) is 1.65. The van der Waals surface area contributed by atoms with Crippen LogP contribution < -0.4 is 16.3 Å². The Hall–Kier alpha value is -5.03. The second-order valence-electron chi connectivity index (χ2n) is 12.0. The van der Waals surface area contributed by atoms with Crippen LogP contribution in [0.5, 0.6) is 0 Å². The first-order valence-corrected chi connectivity index (χ1v) is 16.4. The van der Waals surface area contributed by atoms with Crippen molar-refractivity contribution in [2.24, 2.45) is 0 Å². The molecule has 2 saturated heterocycles. The van der Waals surface area contributed by atoms with Gasteiger partial charge in [-0.3, -0.25) is 19.1 Å².